The number of ketones is 1. The maximum absolute atomic E-state index is 12.9. The lowest BCUT2D eigenvalue weighted by molar-refractivity contribution is -0.129. The fraction of sp³-hybridized carbons (Fsp3) is 0.333. The third-order valence-electron chi connectivity index (χ3n) is 5.03. The highest BCUT2D eigenvalue weighted by Gasteiger charge is 2.40. The number of aliphatic imine (C=N–C) groups is 1. The first kappa shape index (κ1) is 19.5. The van der Waals surface area contributed by atoms with Gasteiger partial charge in [0.2, 0.25) is 5.78 Å². The number of nitrogens with one attached hydrogen (secondary N) is 1. The maximum Gasteiger partial charge on any atom is 0.205 e. The lowest BCUT2D eigenvalue weighted by atomic mass is 10.0. The fourth-order valence-corrected chi connectivity index (χ4v) is 3.69. The van der Waals surface area contributed by atoms with Gasteiger partial charge >= 0.3 is 0 Å². The van der Waals surface area contributed by atoms with E-state index < -0.39 is 12.3 Å². The van der Waals surface area contributed by atoms with Crippen LogP contribution in [-0.4, -0.2) is 46.2 Å². The summed E-state index contributed by atoms with van der Waals surface area (Å²) in [5.41, 5.74) is 5.73. The standard InChI is InChI=1S/C21H22ClN5O2/c1-2-3-9-15(28)20(29)21-26-25-17-12-23-18(13-7-5-4-6-8-13)19-14(27(17)21)10-11-16(22)24-19/h4-8,10-11,15,21,26,28H,2-3,9,12H2,1H3. The van der Waals surface area contributed by atoms with Crippen LogP contribution in [0.5, 0.6) is 0 Å². The van der Waals surface area contributed by atoms with Crippen LogP contribution in [0.15, 0.2) is 52.6 Å². The van der Waals surface area contributed by atoms with E-state index in [1.807, 2.05) is 43.3 Å². The maximum atomic E-state index is 12.9. The summed E-state index contributed by atoms with van der Waals surface area (Å²) in [6.45, 7) is 2.30. The molecular weight excluding hydrogens is 390 g/mol. The van der Waals surface area contributed by atoms with Gasteiger partial charge in [0.1, 0.15) is 17.0 Å². The first-order chi connectivity index (χ1) is 14.1. The minimum atomic E-state index is -1.05. The van der Waals surface area contributed by atoms with Crippen molar-refractivity contribution < 1.29 is 9.90 Å². The number of pyridine rings is 1. The molecule has 4 rings (SSSR count). The average Bonchev–Trinajstić information content (AvgIpc) is 3.09. The third kappa shape index (κ3) is 3.75. The van der Waals surface area contributed by atoms with Crippen LogP contribution in [0.1, 0.15) is 37.4 Å². The summed E-state index contributed by atoms with van der Waals surface area (Å²) in [4.78, 5) is 23.9. The van der Waals surface area contributed by atoms with Crippen molar-refractivity contribution in [3.63, 3.8) is 0 Å². The molecular formula is C21H22ClN5O2. The molecule has 1 aromatic heterocycles. The van der Waals surface area contributed by atoms with Crippen LogP contribution in [0.3, 0.4) is 0 Å². The Morgan fingerprint density at radius 1 is 1.31 bits per heavy atom. The van der Waals surface area contributed by atoms with E-state index in [1.165, 1.54) is 0 Å². The molecule has 0 aliphatic carbocycles. The molecule has 7 nitrogen and oxygen atoms in total. The normalized spacial score (nSPS) is 18.7. The van der Waals surface area contributed by atoms with Gasteiger partial charge in [-0.3, -0.25) is 20.1 Å². The summed E-state index contributed by atoms with van der Waals surface area (Å²) in [6.07, 6.45) is 0.261. The molecule has 2 aromatic rings. The number of hydrogen-bond donors (Lipinski definition) is 2. The molecule has 3 heterocycles. The molecule has 8 heteroatoms. The number of anilines is 1. The molecule has 0 bridgehead atoms. The van der Waals surface area contributed by atoms with Crippen molar-refractivity contribution in [3.8, 4) is 0 Å². The van der Waals surface area contributed by atoms with E-state index in [1.54, 1.807) is 11.0 Å². The Morgan fingerprint density at radius 3 is 2.86 bits per heavy atom. The topological polar surface area (TPSA) is 90.2 Å². The van der Waals surface area contributed by atoms with Crippen LogP contribution in [-0.2, 0) is 4.79 Å². The van der Waals surface area contributed by atoms with Crippen molar-refractivity contribution >= 4 is 34.6 Å². The molecule has 2 atom stereocenters. The molecule has 2 unspecified atom stereocenters. The highest BCUT2D eigenvalue weighted by molar-refractivity contribution is 6.30. The van der Waals surface area contributed by atoms with Gasteiger partial charge in [0.15, 0.2) is 12.0 Å². The molecule has 29 heavy (non-hydrogen) atoms. The Hall–Kier alpha value is -2.77. The monoisotopic (exact) mass is 411 g/mol. The number of carbonyl (C=O) groups is 1. The van der Waals surface area contributed by atoms with Gasteiger partial charge in [0, 0.05) is 5.56 Å². The SMILES string of the molecule is CCCCC(O)C(=O)C1NN=C2CN=C(c3ccccc3)c3nc(Cl)ccc3N21. The quantitative estimate of drug-likeness (QED) is 0.713. The zero-order valence-corrected chi connectivity index (χ0v) is 16.8. The molecule has 0 saturated heterocycles. The molecule has 0 amide bonds. The van der Waals surface area contributed by atoms with E-state index in [0.29, 0.717) is 34.5 Å². The number of aliphatic hydroxyl groups excluding tert-OH is 1. The van der Waals surface area contributed by atoms with Crippen molar-refractivity contribution in [2.75, 3.05) is 11.4 Å². The number of unbranched alkanes of at least 4 members (excludes halogenated alkanes) is 1. The largest absolute Gasteiger partial charge is 0.385 e. The number of aromatic nitrogens is 1. The Bertz CT molecular complexity index is 976. The number of halogens is 1. The first-order valence-electron chi connectivity index (χ1n) is 9.70. The molecule has 0 radical (unpaired) electrons. The minimum absolute atomic E-state index is 0.278. The summed E-state index contributed by atoms with van der Waals surface area (Å²) in [6, 6.07) is 13.2. The molecule has 2 aliphatic heterocycles. The number of amidine groups is 1. The number of aliphatic hydroxyl groups is 1. The van der Waals surface area contributed by atoms with Gasteiger partial charge in [-0.1, -0.05) is 61.7 Å². The average molecular weight is 412 g/mol. The molecule has 0 spiro atoms. The smallest absolute Gasteiger partial charge is 0.205 e. The zero-order valence-electron chi connectivity index (χ0n) is 16.0. The third-order valence-corrected chi connectivity index (χ3v) is 5.24. The van der Waals surface area contributed by atoms with Gasteiger partial charge < -0.3 is 5.11 Å². The Kier molecular flexibility index (Phi) is 5.60. The van der Waals surface area contributed by atoms with E-state index in [-0.39, 0.29) is 12.3 Å². The predicted octanol–water partition coefficient (Wildman–Crippen LogP) is 2.76. The first-order valence-corrected chi connectivity index (χ1v) is 10.1. The van der Waals surface area contributed by atoms with Crippen LogP contribution >= 0.6 is 11.6 Å². The highest BCUT2D eigenvalue weighted by atomic mass is 35.5. The van der Waals surface area contributed by atoms with Gasteiger partial charge in [-0.25, -0.2) is 4.98 Å². The highest BCUT2D eigenvalue weighted by Crippen LogP contribution is 2.30. The van der Waals surface area contributed by atoms with E-state index in [2.05, 4.69) is 15.5 Å². The lowest BCUT2D eigenvalue weighted by Gasteiger charge is -2.27. The number of fused-ring (bicyclic) bond motifs is 3. The molecule has 2 N–H and O–H groups in total. The van der Waals surface area contributed by atoms with Crippen LogP contribution in [0, 0.1) is 0 Å². The van der Waals surface area contributed by atoms with E-state index in [9.17, 15) is 9.90 Å². The van der Waals surface area contributed by atoms with Gasteiger partial charge in [0.05, 0.1) is 17.9 Å². The minimum Gasteiger partial charge on any atom is -0.385 e. The second-order valence-electron chi connectivity index (χ2n) is 7.02. The Balaban J connectivity index is 1.75. The second-order valence-corrected chi connectivity index (χ2v) is 7.41. The van der Waals surface area contributed by atoms with Crippen LogP contribution in [0.25, 0.3) is 0 Å². The van der Waals surface area contributed by atoms with E-state index in [4.69, 9.17) is 16.6 Å². The predicted molar refractivity (Wildman–Crippen MR) is 114 cm³/mol. The molecule has 0 saturated carbocycles. The lowest BCUT2D eigenvalue weighted by Crippen LogP contribution is -2.50. The number of nitrogens with zero attached hydrogens (tertiary/aromatic N) is 4. The summed E-state index contributed by atoms with van der Waals surface area (Å²) in [5, 5.41) is 15.0. The number of rotatable bonds is 6. The Morgan fingerprint density at radius 2 is 2.10 bits per heavy atom. The Labute approximate surface area is 174 Å². The van der Waals surface area contributed by atoms with Gasteiger partial charge in [-0.05, 0) is 18.6 Å². The van der Waals surface area contributed by atoms with E-state index in [0.717, 1.165) is 18.4 Å². The molecule has 1 aromatic carbocycles. The molecule has 150 valence electrons. The number of hydrogen-bond acceptors (Lipinski definition) is 7. The summed E-state index contributed by atoms with van der Waals surface area (Å²) in [7, 11) is 0. The van der Waals surface area contributed by atoms with Crippen molar-refractivity contribution in [2.45, 2.75) is 38.5 Å². The fourth-order valence-electron chi connectivity index (χ4n) is 3.54. The van der Waals surface area contributed by atoms with Crippen molar-refractivity contribution in [2.24, 2.45) is 10.1 Å². The van der Waals surface area contributed by atoms with Gasteiger partial charge in [-0.15, -0.1) is 0 Å². The molecule has 2 aliphatic rings. The van der Waals surface area contributed by atoms with Crippen LogP contribution in [0.2, 0.25) is 5.15 Å². The molecule has 0 fully saturated rings. The van der Waals surface area contributed by atoms with E-state index >= 15 is 0 Å². The van der Waals surface area contributed by atoms with Crippen LogP contribution < -0.4 is 10.3 Å². The van der Waals surface area contributed by atoms with Crippen molar-refractivity contribution in [3.05, 3.63) is 58.9 Å². The number of carbonyl (C=O) groups excluding carboxylic acids is 1. The summed E-state index contributed by atoms with van der Waals surface area (Å²) in [5.74, 6) is 0.281. The number of hydrazone groups is 1. The second kappa shape index (κ2) is 8.31. The summed E-state index contributed by atoms with van der Waals surface area (Å²) >= 11 is 6.19. The summed E-state index contributed by atoms with van der Waals surface area (Å²) < 4.78 is 0. The van der Waals surface area contributed by atoms with Crippen molar-refractivity contribution in [1.82, 2.24) is 10.4 Å². The van der Waals surface area contributed by atoms with Gasteiger partial charge in [-0.2, -0.15) is 5.10 Å². The zero-order chi connectivity index (χ0) is 20.4. The van der Waals surface area contributed by atoms with Gasteiger partial charge in [0.25, 0.3) is 0 Å². The number of benzene rings is 1. The number of Topliss-reactive ketones (excluding diaryl/α,β-unsaturated/α-hetero) is 1. The van der Waals surface area contributed by atoms with Crippen LogP contribution in [0.4, 0.5) is 5.69 Å². The van der Waals surface area contributed by atoms with Crippen molar-refractivity contribution in [1.29, 1.82) is 0 Å².